The lowest BCUT2D eigenvalue weighted by molar-refractivity contribution is -0.131. The van der Waals surface area contributed by atoms with Crippen LogP contribution in [0.15, 0.2) is 30.3 Å². The number of halogens is 3. The minimum atomic E-state index is -1.25. The van der Waals surface area contributed by atoms with Crippen molar-refractivity contribution >= 4 is 23.4 Å². The fourth-order valence-electron chi connectivity index (χ4n) is 1.45. The van der Waals surface area contributed by atoms with E-state index in [1.54, 1.807) is 6.07 Å². The first-order valence-electron chi connectivity index (χ1n) is 5.13. The first-order chi connectivity index (χ1) is 8.97. The first kappa shape index (κ1) is 13.4. The lowest BCUT2D eigenvalue weighted by Gasteiger charge is -2.01. The summed E-state index contributed by atoms with van der Waals surface area (Å²) >= 11 is 1.08. The van der Waals surface area contributed by atoms with E-state index >= 15 is 0 Å². The fraction of sp³-hybridized carbons (Fsp3) is 0. The average molecular weight is 284 g/mol. The van der Waals surface area contributed by atoms with Gasteiger partial charge in [-0.15, -0.1) is 11.3 Å². The fourth-order valence-corrected chi connectivity index (χ4v) is 2.38. The highest BCUT2D eigenvalue weighted by Gasteiger charge is 2.12. The van der Waals surface area contributed by atoms with Crippen molar-refractivity contribution in [3.8, 4) is 10.4 Å². The van der Waals surface area contributed by atoms with Crippen LogP contribution in [0, 0.1) is 17.5 Å². The number of carboxylic acids is 1. The standard InChI is InChI=1S/C13H7F3O2S/c14-9-6-11(16)10(15)5-8(9)12-3-1-7(19-12)2-4-13(17)18/h1-6H,(H,17,18)/b4-2+. The second-order valence-corrected chi connectivity index (χ2v) is 4.74. The van der Waals surface area contributed by atoms with E-state index in [1.807, 2.05) is 0 Å². The number of hydrogen-bond donors (Lipinski definition) is 1. The molecule has 0 radical (unpaired) electrons. The Labute approximate surface area is 110 Å². The van der Waals surface area contributed by atoms with Gasteiger partial charge in [0.15, 0.2) is 11.6 Å². The zero-order valence-electron chi connectivity index (χ0n) is 9.36. The Morgan fingerprint density at radius 1 is 1.11 bits per heavy atom. The van der Waals surface area contributed by atoms with Gasteiger partial charge in [0.2, 0.25) is 0 Å². The molecule has 1 N–H and O–H groups in total. The van der Waals surface area contributed by atoms with Crippen molar-refractivity contribution in [3.63, 3.8) is 0 Å². The van der Waals surface area contributed by atoms with Gasteiger partial charge in [-0.2, -0.15) is 0 Å². The summed E-state index contributed by atoms with van der Waals surface area (Å²) in [6.45, 7) is 0. The second kappa shape index (κ2) is 5.27. The Hall–Kier alpha value is -2.08. The number of benzene rings is 1. The molecule has 1 aromatic heterocycles. The van der Waals surface area contributed by atoms with E-state index in [4.69, 9.17) is 5.11 Å². The van der Waals surface area contributed by atoms with Crippen molar-refractivity contribution in [2.45, 2.75) is 0 Å². The summed E-state index contributed by atoms with van der Waals surface area (Å²) in [6.07, 6.45) is 2.28. The van der Waals surface area contributed by atoms with Gasteiger partial charge in [0.1, 0.15) is 5.82 Å². The number of rotatable bonds is 3. The molecule has 19 heavy (non-hydrogen) atoms. The second-order valence-electron chi connectivity index (χ2n) is 3.62. The van der Waals surface area contributed by atoms with E-state index in [9.17, 15) is 18.0 Å². The van der Waals surface area contributed by atoms with Gasteiger partial charge < -0.3 is 5.11 Å². The highest BCUT2D eigenvalue weighted by atomic mass is 32.1. The number of thiophene rings is 1. The summed E-state index contributed by atoms with van der Waals surface area (Å²) < 4.78 is 39.4. The minimum absolute atomic E-state index is 0.0566. The summed E-state index contributed by atoms with van der Waals surface area (Å²) in [5.74, 6) is -4.35. The monoisotopic (exact) mass is 284 g/mol. The van der Waals surface area contributed by atoms with Gasteiger partial charge >= 0.3 is 5.97 Å². The van der Waals surface area contributed by atoms with Crippen molar-refractivity contribution in [2.24, 2.45) is 0 Å². The largest absolute Gasteiger partial charge is 0.478 e. The molecule has 6 heteroatoms. The molecular weight excluding hydrogens is 277 g/mol. The van der Waals surface area contributed by atoms with Gasteiger partial charge in [-0.3, -0.25) is 0 Å². The predicted octanol–water partition coefficient (Wildman–Crippen LogP) is 3.93. The topological polar surface area (TPSA) is 37.3 Å². The molecule has 2 nitrogen and oxygen atoms in total. The van der Waals surface area contributed by atoms with Crippen molar-refractivity contribution in [3.05, 3.63) is 52.7 Å². The molecule has 2 aromatic rings. The molecule has 0 bridgehead atoms. The van der Waals surface area contributed by atoms with E-state index in [0.717, 1.165) is 23.5 Å². The van der Waals surface area contributed by atoms with E-state index in [0.29, 0.717) is 15.8 Å². The molecule has 0 spiro atoms. The van der Waals surface area contributed by atoms with Gasteiger partial charge in [0.05, 0.1) is 0 Å². The number of hydrogen-bond acceptors (Lipinski definition) is 2. The van der Waals surface area contributed by atoms with Crippen molar-refractivity contribution in [1.82, 2.24) is 0 Å². The highest BCUT2D eigenvalue weighted by molar-refractivity contribution is 7.16. The normalized spacial score (nSPS) is 11.1. The van der Waals surface area contributed by atoms with Crippen LogP contribution in [0.4, 0.5) is 13.2 Å². The van der Waals surface area contributed by atoms with Gasteiger partial charge in [-0.1, -0.05) is 0 Å². The molecule has 0 saturated carbocycles. The molecule has 0 aliphatic heterocycles. The van der Waals surface area contributed by atoms with Gasteiger partial charge in [0.25, 0.3) is 0 Å². The van der Waals surface area contributed by atoms with E-state index in [2.05, 4.69) is 0 Å². The zero-order valence-corrected chi connectivity index (χ0v) is 10.2. The molecule has 2 rings (SSSR count). The zero-order chi connectivity index (χ0) is 14.0. The molecule has 0 unspecified atom stereocenters. The molecule has 1 heterocycles. The highest BCUT2D eigenvalue weighted by Crippen LogP contribution is 2.31. The molecule has 0 saturated heterocycles. The van der Waals surface area contributed by atoms with Crippen LogP contribution >= 0.6 is 11.3 Å². The molecule has 98 valence electrons. The summed E-state index contributed by atoms with van der Waals surface area (Å²) in [7, 11) is 0. The number of carboxylic acid groups (broad SMARTS) is 1. The lowest BCUT2D eigenvalue weighted by Crippen LogP contribution is -1.89. The Balaban J connectivity index is 2.38. The van der Waals surface area contributed by atoms with Crippen molar-refractivity contribution in [2.75, 3.05) is 0 Å². The SMILES string of the molecule is O=C(O)/C=C/c1ccc(-c2cc(F)c(F)cc2F)s1. The van der Waals surface area contributed by atoms with Gasteiger partial charge in [-0.25, -0.2) is 18.0 Å². The Kier molecular flexibility index (Phi) is 3.71. The number of aliphatic carboxylic acids is 1. The minimum Gasteiger partial charge on any atom is -0.478 e. The Bertz CT molecular complexity index is 662. The molecule has 0 aliphatic rings. The third kappa shape index (κ3) is 3.03. The third-order valence-electron chi connectivity index (χ3n) is 2.29. The summed E-state index contributed by atoms with van der Waals surface area (Å²) in [4.78, 5) is 11.3. The summed E-state index contributed by atoms with van der Waals surface area (Å²) in [5.41, 5.74) is -0.0566. The quantitative estimate of drug-likeness (QED) is 0.685. The maximum absolute atomic E-state index is 13.5. The Morgan fingerprint density at radius 2 is 1.79 bits per heavy atom. The Morgan fingerprint density at radius 3 is 2.47 bits per heavy atom. The molecule has 0 fully saturated rings. The maximum atomic E-state index is 13.5. The van der Waals surface area contributed by atoms with E-state index < -0.39 is 23.4 Å². The van der Waals surface area contributed by atoms with Crippen LogP contribution in [-0.2, 0) is 4.79 Å². The molecule has 1 aromatic carbocycles. The first-order valence-corrected chi connectivity index (χ1v) is 5.95. The van der Waals surface area contributed by atoms with Crippen molar-refractivity contribution < 1.29 is 23.1 Å². The number of carbonyl (C=O) groups is 1. The predicted molar refractivity (Wildman–Crippen MR) is 66.3 cm³/mol. The lowest BCUT2D eigenvalue weighted by atomic mass is 10.1. The van der Waals surface area contributed by atoms with Crippen LogP contribution in [-0.4, -0.2) is 11.1 Å². The smallest absolute Gasteiger partial charge is 0.328 e. The van der Waals surface area contributed by atoms with Gasteiger partial charge in [-0.05, 0) is 24.3 Å². The summed E-state index contributed by atoms with van der Waals surface area (Å²) in [5, 5.41) is 8.48. The van der Waals surface area contributed by atoms with Crippen LogP contribution in [0.5, 0.6) is 0 Å². The summed E-state index contributed by atoms with van der Waals surface area (Å²) in [6, 6.07) is 4.35. The molecule has 0 aliphatic carbocycles. The average Bonchev–Trinajstić information content (AvgIpc) is 2.80. The third-order valence-corrected chi connectivity index (χ3v) is 3.38. The van der Waals surface area contributed by atoms with E-state index in [-0.39, 0.29) is 5.56 Å². The van der Waals surface area contributed by atoms with Crippen LogP contribution in [0.3, 0.4) is 0 Å². The van der Waals surface area contributed by atoms with E-state index in [1.165, 1.54) is 12.1 Å². The van der Waals surface area contributed by atoms with Crippen LogP contribution in [0.2, 0.25) is 0 Å². The molecule has 0 amide bonds. The molecular formula is C13H7F3O2S. The van der Waals surface area contributed by atoms with Crippen LogP contribution < -0.4 is 0 Å². The van der Waals surface area contributed by atoms with Crippen LogP contribution in [0.25, 0.3) is 16.5 Å². The van der Waals surface area contributed by atoms with Crippen molar-refractivity contribution in [1.29, 1.82) is 0 Å². The maximum Gasteiger partial charge on any atom is 0.328 e. The van der Waals surface area contributed by atoms with Gasteiger partial charge in [0, 0.05) is 27.5 Å². The van der Waals surface area contributed by atoms with Crippen LogP contribution in [0.1, 0.15) is 4.88 Å². The molecule has 0 atom stereocenters.